The lowest BCUT2D eigenvalue weighted by Crippen LogP contribution is -2.33. The maximum absolute atomic E-state index is 12.0. The predicted octanol–water partition coefficient (Wildman–Crippen LogP) is 1.39. The number of nitrogens with one attached hydrogen (secondary N) is 2. The van der Waals surface area contributed by atoms with Gasteiger partial charge in [0.1, 0.15) is 11.5 Å². The summed E-state index contributed by atoms with van der Waals surface area (Å²) in [7, 11) is 3.06. The van der Waals surface area contributed by atoms with Crippen LogP contribution in [0.15, 0.2) is 35.4 Å². The smallest absolute Gasteiger partial charge is 0.319 e. The van der Waals surface area contributed by atoms with Gasteiger partial charge in [-0.3, -0.25) is 9.36 Å². The Morgan fingerprint density at radius 2 is 2.04 bits per heavy atom. The number of hydrogen-bond acceptors (Lipinski definition) is 5. The van der Waals surface area contributed by atoms with Gasteiger partial charge in [0.05, 0.1) is 26.2 Å². The summed E-state index contributed by atoms with van der Waals surface area (Å²) in [6.07, 6.45) is 1.46. The zero-order chi connectivity index (χ0) is 17.5. The Labute approximate surface area is 139 Å². The second-order valence-electron chi connectivity index (χ2n) is 5.01. The number of methoxy groups -OCH3 is 2. The number of nitrogens with zero attached hydrogens (tertiary/aromatic N) is 2. The minimum atomic E-state index is -0.397. The molecule has 0 radical (unpaired) electrons. The van der Waals surface area contributed by atoms with E-state index in [1.807, 2.05) is 0 Å². The van der Waals surface area contributed by atoms with Crippen LogP contribution >= 0.6 is 0 Å². The van der Waals surface area contributed by atoms with Crippen LogP contribution in [-0.2, 0) is 6.54 Å². The van der Waals surface area contributed by atoms with Crippen LogP contribution in [0.3, 0.4) is 0 Å². The third-order valence-electron chi connectivity index (χ3n) is 3.31. The number of aryl methyl sites for hydroxylation is 1. The fourth-order valence-corrected chi connectivity index (χ4v) is 2.04. The van der Waals surface area contributed by atoms with E-state index in [-0.39, 0.29) is 12.1 Å². The molecule has 0 fully saturated rings. The number of amides is 2. The molecule has 8 nitrogen and oxygen atoms in total. The number of ether oxygens (including phenoxy) is 2. The van der Waals surface area contributed by atoms with Gasteiger partial charge in [0.2, 0.25) is 0 Å². The van der Waals surface area contributed by atoms with E-state index in [2.05, 4.69) is 15.6 Å². The van der Waals surface area contributed by atoms with Crippen molar-refractivity contribution in [2.75, 3.05) is 26.1 Å². The molecule has 0 aliphatic rings. The summed E-state index contributed by atoms with van der Waals surface area (Å²) >= 11 is 0. The lowest BCUT2D eigenvalue weighted by atomic mass is 10.2. The number of urea groups is 1. The van der Waals surface area contributed by atoms with Crippen LogP contribution in [0.4, 0.5) is 10.5 Å². The van der Waals surface area contributed by atoms with Gasteiger partial charge in [0.15, 0.2) is 0 Å². The Bertz CT molecular complexity index is 773. The van der Waals surface area contributed by atoms with Gasteiger partial charge in [0.25, 0.3) is 5.56 Å². The van der Waals surface area contributed by atoms with E-state index in [0.29, 0.717) is 29.4 Å². The fraction of sp³-hybridized carbons (Fsp3) is 0.312. The number of benzene rings is 1. The quantitative estimate of drug-likeness (QED) is 0.833. The molecule has 0 aliphatic heterocycles. The van der Waals surface area contributed by atoms with Crippen molar-refractivity contribution in [1.82, 2.24) is 14.9 Å². The highest BCUT2D eigenvalue weighted by atomic mass is 16.5. The molecule has 2 amide bonds. The molecular formula is C16H20N4O4. The first-order chi connectivity index (χ1) is 11.5. The minimum Gasteiger partial charge on any atom is -0.497 e. The number of anilines is 1. The van der Waals surface area contributed by atoms with E-state index in [0.717, 1.165) is 0 Å². The zero-order valence-electron chi connectivity index (χ0n) is 13.8. The van der Waals surface area contributed by atoms with Gasteiger partial charge in [-0.15, -0.1) is 0 Å². The molecule has 8 heteroatoms. The Hall–Kier alpha value is -3.03. The molecule has 0 spiro atoms. The molecule has 0 saturated carbocycles. The lowest BCUT2D eigenvalue weighted by molar-refractivity contribution is 0.251. The second kappa shape index (κ2) is 8.00. The van der Waals surface area contributed by atoms with Crippen molar-refractivity contribution < 1.29 is 14.3 Å². The zero-order valence-corrected chi connectivity index (χ0v) is 13.8. The average Bonchev–Trinajstić information content (AvgIpc) is 2.57. The number of carbonyl (C=O) groups is 1. The summed E-state index contributed by atoms with van der Waals surface area (Å²) in [5, 5.41) is 5.37. The highest BCUT2D eigenvalue weighted by Gasteiger charge is 2.08. The van der Waals surface area contributed by atoms with E-state index < -0.39 is 6.03 Å². The molecule has 0 saturated heterocycles. The van der Waals surface area contributed by atoms with E-state index in [9.17, 15) is 9.59 Å². The monoisotopic (exact) mass is 332 g/mol. The Morgan fingerprint density at radius 3 is 2.71 bits per heavy atom. The van der Waals surface area contributed by atoms with Crippen LogP contribution in [0.25, 0.3) is 0 Å². The normalized spacial score (nSPS) is 10.1. The summed E-state index contributed by atoms with van der Waals surface area (Å²) in [4.78, 5) is 27.7. The number of hydrogen-bond donors (Lipinski definition) is 2. The van der Waals surface area contributed by atoms with Gasteiger partial charge < -0.3 is 20.1 Å². The molecule has 2 rings (SSSR count). The average molecular weight is 332 g/mol. The van der Waals surface area contributed by atoms with Crippen LogP contribution < -0.4 is 25.7 Å². The Balaban J connectivity index is 1.90. The molecule has 2 aromatic rings. The Morgan fingerprint density at radius 1 is 1.25 bits per heavy atom. The summed E-state index contributed by atoms with van der Waals surface area (Å²) in [5.74, 6) is 1.12. The van der Waals surface area contributed by atoms with Crippen molar-refractivity contribution in [3.8, 4) is 11.5 Å². The largest absolute Gasteiger partial charge is 0.497 e. The number of carbonyl (C=O) groups excluding carboxylic acids is 1. The number of aromatic nitrogens is 2. The topological polar surface area (TPSA) is 94.5 Å². The number of rotatable bonds is 6. The predicted molar refractivity (Wildman–Crippen MR) is 89.8 cm³/mol. The van der Waals surface area contributed by atoms with Gasteiger partial charge in [-0.2, -0.15) is 0 Å². The van der Waals surface area contributed by atoms with Crippen molar-refractivity contribution in [2.45, 2.75) is 13.5 Å². The van der Waals surface area contributed by atoms with Crippen molar-refractivity contribution in [1.29, 1.82) is 0 Å². The first-order valence-electron chi connectivity index (χ1n) is 7.33. The van der Waals surface area contributed by atoms with Crippen LogP contribution in [0.5, 0.6) is 11.5 Å². The Kier molecular flexibility index (Phi) is 5.78. The first kappa shape index (κ1) is 17.3. The standard InChI is InChI=1S/C16H20N4O4/c1-11-8-15(21)20(10-18-11)7-6-17-16(22)19-13-5-4-12(23-2)9-14(13)24-3/h4-5,8-10H,6-7H2,1-3H3,(H2,17,19,22). The highest BCUT2D eigenvalue weighted by molar-refractivity contribution is 5.91. The van der Waals surface area contributed by atoms with Gasteiger partial charge in [-0.1, -0.05) is 0 Å². The summed E-state index contributed by atoms with van der Waals surface area (Å²) < 4.78 is 11.7. The summed E-state index contributed by atoms with van der Waals surface area (Å²) in [5.41, 5.74) is 1.03. The van der Waals surface area contributed by atoms with Crippen molar-refractivity contribution in [3.63, 3.8) is 0 Å². The minimum absolute atomic E-state index is 0.151. The molecule has 0 atom stereocenters. The van der Waals surface area contributed by atoms with Crippen LogP contribution in [0, 0.1) is 6.92 Å². The van der Waals surface area contributed by atoms with Crippen molar-refractivity contribution in [3.05, 3.63) is 46.6 Å². The molecule has 0 unspecified atom stereocenters. The molecule has 0 aliphatic carbocycles. The van der Waals surface area contributed by atoms with Gasteiger partial charge >= 0.3 is 6.03 Å². The molecule has 0 bridgehead atoms. The van der Waals surface area contributed by atoms with E-state index in [1.54, 1.807) is 32.2 Å². The second-order valence-corrected chi connectivity index (χ2v) is 5.01. The molecule has 1 heterocycles. The van der Waals surface area contributed by atoms with E-state index in [1.165, 1.54) is 24.1 Å². The van der Waals surface area contributed by atoms with Crippen LogP contribution in [0.1, 0.15) is 5.69 Å². The lowest BCUT2D eigenvalue weighted by Gasteiger charge is -2.12. The SMILES string of the molecule is COc1ccc(NC(=O)NCCn2cnc(C)cc2=O)c(OC)c1. The summed E-state index contributed by atoms with van der Waals surface area (Å²) in [6.45, 7) is 2.37. The molecule has 1 aromatic heterocycles. The maximum atomic E-state index is 12.0. The van der Waals surface area contributed by atoms with Crippen LogP contribution in [0.2, 0.25) is 0 Å². The van der Waals surface area contributed by atoms with Gasteiger partial charge in [0, 0.05) is 30.9 Å². The van der Waals surface area contributed by atoms with E-state index >= 15 is 0 Å². The molecule has 2 N–H and O–H groups in total. The molecule has 128 valence electrons. The van der Waals surface area contributed by atoms with Gasteiger partial charge in [-0.05, 0) is 19.1 Å². The maximum Gasteiger partial charge on any atom is 0.319 e. The third-order valence-corrected chi connectivity index (χ3v) is 3.31. The highest BCUT2D eigenvalue weighted by Crippen LogP contribution is 2.28. The third kappa shape index (κ3) is 4.48. The molecule has 24 heavy (non-hydrogen) atoms. The summed E-state index contributed by atoms with van der Waals surface area (Å²) in [6, 6.07) is 6.13. The molecular weight excluding hydrogens is 312 g/mol. The molecule has 1 aromatic carbocycles. The van der Waals surface area contributed by atoms with E-state index in [4.69, 9.17) is 9.47 Å². The van der Waals surface area contributed by atoms with Crippen molar-refractivity contribution in [2.24, 2.45) is 0 Å². The fourth-order valence-electron chi connectivity index (χ4n) is 2.04. The van der Waals surface area contributed by atoms with Crippen molar-refractivity contribution >= 4 is 11.7 Å². The first-order valence-corrected chi connectivity index (χ1v) is 7.33. The van der Waals surface area contributed by atoms with Crippen LogP contribution in [-0.4, -0.2) is 36.3 Å². The van der Waals surface area contributed by atoms with Gasteiger partial charge in [-0.25, -0.2) is 9.78 Å².